The van der Waals surface area contributed by atoms with Gasteiger partial charge in [-0.3, -0.25) is 0 Å². The largest absolute Gasteiger partial charge is 0.456 e. The van der Waals surface area contributed by atoms with Crippen molar-refractivity contribution in [3.8, 4) is 33.7 Å². The monoisotopic (exact) mass is 702 g/mol. The Morgan fingerprint density at radius 1 is 0.333 bits per heavy atom. The van der Waals surface area contributed by atoms with Gasteiger partial charge in [-0.05, 0) is 83.6 Å². The summed E-state index contributed by atoms with van der Waals surface area (Å²) in [6.45, 7) is 0. The molecule has 0 unspecified atom stereocenters. The van der Waals surface area contributed by atoms with E-state index in [2.05, 4.69) is 206 Å². The van der Waals surface area contributed by atoms with E-state index in [1.54, 1.807) is 0 Å². The van der Waals surface area contributed by atoms with Gasteiger partial charge >= 0.3 is 0 Å². The SMILES string of the molecule is C(#C[Si](c1ccccc1)(c1ccccc1)c1ccc2oc3ccccc3c2c1)c1c2ccccc2c(-c2ccccc2)c2cc(-c3ccccc3)ccc12. The van der Waals surface area contributed by atoms with Crippen LogP contribution in [0.1, 0.15) is 5.56 Å². The molecule has 9 aromatic carbocycles. The van der Waals surface area contributed by atoms with Gasteiger partial charge < -0.3 is 4.42 Å². The summed E-state index contributed by atoms with van der Waals surface area (Å²) in [5.74, 6) is 3.97. The van der Waals surface area contributed by atoms with Crippen molar-refractivity contribution in [2.24, 2.45) is 0 Å². The average Bonchev–Trinajstić information content (AvgIpc) is 3.63. The Labute approximate surface area is 315 Å². The van der Waals surface area contributed by atoms with Crippen molar-refractivity contribution in [2.75, 3.05) is 0 Å². The van der Waals surface area contributed by atoms with Crippen LogP contribution in [0, 0.1) is 11.5 Å². The molecule has 0 amide bonds. The highest BCUT2D eigenvalue weighted by Crippen LogP contribution is 2.41. The normalized spacial score (nSPS) is 11.6. The summed E-state index contributed by atoms with van der Waals surface area (Å²) < 4.78 is 6.33. The predicted octanol–water partition coefficient (Wildman–Crippen LogP) is 11.3. The van der Waals surface area contributed by atoms with Gasteiger partial charge in [0.2, 0.25) is 8.07 Å². The van der Waals surface area contributed by atoms with Crippen molar-refractivity contribution in [3.63, 3.8) is 0 Å². The molecule has 0 saturated heterocycles. The van der Waals surface area contributed by atoms with E-state index in [0.29, 0.717) is 0 Å². The Hall–Kier alpha value is -6.92. The van der Waals surface area contributed by atoms with E-state index >= 15 is 0 Å². The molecule has 54 heavy (non-hydrogen) atoms. The van der Waals surface area contributed by atoms with E-state index in [1.165, 1.54) is 48.6 Å². The van der Waals surface area contributed by atoms with Crippen molar-refractivity contribution in [2.45, 2.75) is 0 Å². The zero-order valence-electron chi connectivity index (χ0n) is 29.5. The fraction of sp³-hybridized carbons (Fsp3) is 0. The Morgan fingerprint density at radius 3 is 1.56 bits per heavy atom. The summed E-state index contributed by atoms with van der Waals surface area (Å²) >= 11 is 0. The van der Waals surface area contributed by atoms with E-state index in [0.717, 1.165) is 38.3 Å². The van der Waals surface area contributed by atoms with E-state index in [4.69, 9.17) is 4.42 Å². The molecule has 0 aliphatic carbocycles. The average molecular weight is 703 g/mol. The minimum atomic E-state index is -3.00. The molecule has 0 N–H and O–H groups in total. The molecule has 0 radical (unpaired) electrons. The second-order valence-corrected chi connectivity index (χ2v) is 17.3. The van der Waals surface area contributed by atoms with Crippen LogP contribution in [-0.2, 0) is 0 Å². The van der Waals surface area contributed by atoms with Crippen LogP contribution in [0.25, 0.3) is 65.7 Å². The van der Waals surface area contributed by atoms with Gasteiger partial charge in [0.15, 0.2) is 0 Å². The smallest absolute Gasteiger partial charge is 0.230 e. The molecule has 252 valence electrons. The van der Waals surface area contributed by atoms with Crippen LogP contribution in [-0.4, -0.2) is 8.07 Å². The lowest BCUT2D eigenvalue weighted by Gasteiger charge is -2.28. The first-order chi connectivity index (χ1) is 26.8. The molecule has 0 aliphatic rings. The second kappa shape index (κ2) is 13.2. The Bertz CT molecular complexity index is 2990. The molecular weight excluding hydrogens is 669 g/mol. The fourth-order valence-corrected chi connectivity index (χ4v) is 12.1. The summed E-state index contributed by atoms with van der Waals surface area (Å²) in [4.78, 5) is 0. The third-order valence-corrected chi connectivity index (χ3v) is 14.9. The lowest BCUT2D eigenvalue weighted by molar-refractivity contribution is 0.669. The van der Waals surface area contributed by atoms with Gasteiger partial charge in [0, 0.05) is 16.3 Å². The summed E-state index contributed by atoms with van der Waals surface area (Å²) in [6.07, 6.45) is 0. The maximum absolute atomic E-state index is 6.33. The molecule has 1 aromatic heterocycles. The van der Waals surface area contributed by atoms with Gasteiger partial charge in [0.1, 0.15) is 11.2 Å². The molecule has 0 spiro atoms. The standard InChI is InChI=1S/C52H34OSi/c1-5-17-37(18-6-1)39-29-31-44-45(43-25-13-14-27-47(43)52(49(44)35-39)38-19-7-2-8-20-38)33-34-54(40-21-9-3-10-22-40,41-23-11-4-12-24-41)42-30-32-51-48(36-42)46-26-15-16-28-50(46)53-51/h1-32,35-36H. The van der Waals surface area contributed by atoms with Crippen molar-refractivity contribution >= 4 is 67.1 Å². The predicted molar refractivity (Wildman–Crippen MR) is 230 cm³/mol. The number of benzene rings is 9. The Balaban J connectivity index is 1.31. The first-order valence-corrected chi connectivity index (χ1v) is 20.4. The summed E-state index contributed by atoms with van der Waals surface area (Å²) in [6, 6.07) is 74.1. The van der Waals surface area contributed by atoms with Gasteiger partial charge in [-0.15, -0.1) is 5.54 Å². The minimum absolute atomic E-state index is 0.889. The minimum Gasteiger partial charge on any atom is -0.456 e. The van der Waals surface area contributed by atoms with Crippen molar-refractivity contribution < 1.29 is 4.42 Å². The van der Waals surface area contributed by atoms with Crippen molar-refractivity contribution in [1.29, 1.82) is 0 Å². The zero-order chi connectivity index (χ0) is 35.9. The highest BCUT2D eigenvalue weighted by Gasteiger charge is 2.39. The Morgan fingerprint density at radius 2 is 0.870 bits per heavy atom. The van der Waals surface area contributed by atoms with Gasteiger partial charge in [-0.2, -0.15) is 0 Å². The molecule has 1 heterocycles. The third kappa shape index (κ3) is 5.26. The maximum Gasteiger partial charge on any atom is 0.230 e. The molecular formula is C52H34OSi. The zero-order valence-corrected chi connectivity index (χ0v) is 30.5. The van der Waals surface area contributed by atoms with Gasteiger partial charge in [0.25, 0.3) is 0 Å². The Kier molecular flexibility index (Phi) is 7.80. The number of para-hydroxylation sites is 1. The van der Waals surface area contributed by atoms with E-state index in [9.17, 15) is 0 Å². The molecule has 0 bridgehead atoms. The van der Waals surface area contributed by atoms with Crippen LogP contribution >= 0.6 is 0 Å². The summed E-state index contributed by atoms with van der Waals surface area (Å²) in [5, 5.41) is 10.7. The highest BCUT2D eigenvalue weighted by molar-refractivity contribution is 7.17. The first-order valence-electron chi connectivity index (χ1n) is 18.4. The lowest BCUT2D eigenvalue weighted by Crippen LogP contribution is -2.66. The molecule has 0 atom stereocenters. The molecule has 0 aliphatic heterocycles. The van der Waals surface area contributed by atoms with Gasteiger partial charge in [-0.1, -0.05) is 188 Å². The van der Waals surface area contributed by atoms with E-state index < -0.39 is 8.07 Å². The molecule has 2 heteroatoms. The number of hydrogen-bond donors (Lipinski definition) is 0. The summed E-state index contributed by atoms with van der Waals surface area (Å²) in [5.41, 5.74) is 11.8. The summed E-state index contributed by atoms with van der Waals surface area (Å²) in [7, 11) is -3.00. The number of rotatable bonds is 5. The fourth-order valence-electron chi connectivity index (χ4n) is 8.25. The van der Waals surface area contributed by atoms with Crippen molar-refractivity contribution in [3.05, 3.63) is 212 Å². The molecule has 0 saturated carbocycles. The molecule has 10 aromatic rings. The van der Waals surface area contributed by atoms with Gasteiger partial charge in [-0.25, -0.2) is 0 Å². The van der Waals surface area contributed by atoms with Crippen LogP contribution < -0.4 is 15.6 Å². The van der Waals surface area contributed by atoms with E-state index in [1.807, 2.05) is 12.1 Å². The van der Waals surface area contributed by atoms with Crippen LogP contribution in [0.5, 0.6) is 0 Å². The van der Waals surface area contributed by atoms with Crippen LogP contribution in [0.15, 0.2) is 211 Å². The van der Waals surface area contributed by atoms with E-state index in [-0.39, 0.29) is 0 Å². The maximum atomic E-state index is 6.33. The first kappa shape index (κ1) is 31.8. The number of furan rings is 1. The van der Waals surface area contributed by atoms with Crippen LogP contribution in [0.4, 0.5) is 0 Å². The third-order valence-electron chi connectivity index (χ3n) is 10.8. The molecule has 10 rings (SSSR count). The second-order valence-electron chi connectivity index (χ2n) is 13.8. The van der Waals surface area contributed by atoms with Crippen molar-refractivity contribution in [1.82, 2.24) is 0 Å². The lowest BCUT2D eigenvalue weighted by atomic mass is 9.87. The van der Waals surface area contributed by atoms with Crippen LogP contribution in [0.2, 0.25) is 0 Å². The molecule has 0 fully saturated rings. The highest BCUT2D eigenvalue weighted by atomic mass is 28.3. The van der Waals surface area contributed by atoms with Crippen LogP contribution in [0.3, 0.4) is 0 Å². The molecule has 1 nitrogen and oxygen atoms in total. The quantitative estimate of drug-likeness (QED) is 0.0753. The number of fused-ring (bicyclic) bond motifs is 5. The number of hydrogen-bond acceptors (Lipinski definition) is 1. The topological polar surface area (TPSA) is 13.1 Å². The van der Waals surface area contributed by atoms with Gasteiger partial charge in [0.05, 0.1) is 0 Å².